The van der Waals surface area contributed by atoms with Crippen LogP contribution in [0, 0.1) is 20.8 Å². The molecule has 7 nitrogen and oxygen atoms in total. The molecule has 0 amide bonds. The second kappa shape index (κ2) is 7.55. The van der Waals surface area contributed by atoms with E-state index in [1.165, 1.54) is 7.11 Å². The molecule has 25 heavy (non-hydrogen) atoms. The summed E-state index contributed by atoms with van der Waals surface area (Å²) in [5.41, 5.74) is 3.28. The van der Waals surface area contributed by atoms with Crippen LogP contribution in [-0.2, 0) is 25.5 Å². The van der Waals surface area contributed by atoms with Crippen molar-refractivity contribution in [2.75, 3.05) is 7.11 Å². The molecule has 0 aromatic heterocycles. The fourth-order valence-corrected chi connectivity index (χ4v) is 2.91. The predicted molar refractivity (Wildman–Crippen MR) is 87.9 cm³/mol. The molecule has 1 unspecified atom stereocenters. The molecule has 0 bridgehead atoms. The Balaban J connectivity index is 2.24. The van der Waals surface area contributed by atoms with Gasteiger partial charge in [-0.2, -0.15) is 0 Å². The van der Waals surface area contributed by atoms with Gasteiger partial charge in [0.15, 0.2) is 0 Å². The smallest absolute Gasteiger partial charge is 0.311 e. The SMILES string of the molecule is COC(=O)CC1Cc2c(C)c(OC(=O)CCC(=O)O)c(C)c(C)c2O1. The zero-order valence-electron chi connectivity index (χ0n) is 14.8. The van der Waals surface area contributed by atoms with E-state index in [1.54, 1.807) is 0 Å². The van der Waals surface area contributed by atoms with Crippen molar-refractivity contribution < 1.29 is 33.7 Å². The average Bonchev–Trinajstić information content (AvgIpc) is 2.98. The predicted octanol–water partition coefficient (Wildman–Crippen LogP) is 2.25. The summed E-state index contributed by atoms with van der Waals surface area (Å²) in [5, 5.41) is 8.67. The van der Waals surface area contributed by atoms with E-state index in [2.05, 4.69) is 4.74 Å². The number of ether oxygens (including phenoxy) is 3. The van der Waals surface area contributed by atoms with Crippen LogP contribution < -0.4 is 9.47 Å². The number of carbonyl (C=O) groups excluding carboxylic acids is 2. The molecule has 1 aromatic rings. The summed E-state index contributed by atoms with van der Waals surface area (Å²) in [5.74, 6) is -0.819. The Morgan fingerprint density at radius 2 is 1.76 bits per heavy atom. The summed E-state index contributed by atoms with van der Waals surface area (Å²) >= 11 is 0. The number of carbonyl (C=O) groups is 3. The molecule has 7 heteroatoms. The topological polar surface area (TPSA) is 99.1 Å². The number of esters is 2. The zero-order chi connectivity index (χ0) is 18.7. The lowest BCUT2D eigenvalue weighted by atomic mass is 9.95. The molecule has 0 radical (unpaired) electrons. The molecular weight excluding hydrogens is 328 g/mol. The molecule has 1 heterocycles. The number of hydrogen-bond donors (Lipinski definition) is 1. The highest BCUT2D eigenvalue weighted by atomic mass is 16.5. The Morgan fingerprint density at radius 1 is 1.08 bits per heavy atom. The lowest BCUT2D eigenvalue weighted by Gasteiger charge is -2.16. The van der Waals surface area contributed by atoms with Crippen LogP contribution in [0.2, 0.25) is 0 Å². The van der Waals surface area contributed by atoms with Crippen molar-refractivity contribution in [2.45, 2.75) is 52.6 Å². The number of benzene rings is 1. The first-order chi connectivity index (χ1) is 11.7. The van der Waals surface area contributed by atoms with E-state index in [-0.39, 0.29) is 31.3 Å². The third-order valence-corrected chi connectivity index (χ3v) is 4.41. The highest BCUT2D eigenvalue weighted by Gasteiger charge is 2.31. The van der Waals surface area contributed by atoms with Gasteiger partial charge in [0, 0.05) is 12.0 Å². The molecule has 0 saturated heterocycles. The van der Waals surface area contributed by atoms with E-state index in [9.17, 15) is 14.4 Å². The molecule has 0 aliphatic carbocycles. The Hall–Kier alpha value is -2.57. The van der Waals surface area contributed by atoms with Crippen LogP contribution in [0.5, 0.6) is 11.5 Å². The van der Waals surface area contributed by atoms with E-state index in [0.29, 0.717) is 17.9 Å². The molecule has 2 rings (SSSR count). The molecular formula is C18H22O7. The van der Waals surface area contributed by atoms with Crippen LogP contribution in [0.15, 0.2) is 0 Å². The summed E-state index contributed by atoms with van der Waals surface area (Å²) in [6.07, 6.45) is -0.0950. The fourth-order valence-electron chi connectivity index (χ4n) is 2.91. The summed E-state index contributed by atoms with van der Waals surface area (Å²) < 4.78 is 16.0. The number of rotatable bonds is 6. The van der Waals surface area contributed by atoms with E-state index in [4.69, 9.17) is 14.6 Å². The molecule has 1 N–H and O–H groups in total. The Bertz CT molecular complexity index is 721. The van der Waals surface area contributed by atoms with E-state index in [0.717, 1.165) is 22.3 Å². The summed E-state index contributed by atoms with van der Waals surface area (Å²) in [4.78, 5) is 34.0. The van der Waals surface area contributed by atoms with Crippen LogP contribution in [-0.4, -0.2) is 36.2 Å². The van der Waals surface area contributed by atoms with Crippen LogP contribution >= 0.6 is 0 Å². The second-order valence-corrected chi connectivity index (χ2v) is 6.10. The first-order valence-corrected chi connectivity index (χ1v) is 8.03. The lowest BCUT2D eigenvalue weighted by molar-refractivity contribution is -0.142. The van der Waals surface area contributed by atoms with Crippen LogP contribution in [0.1, 0.15) is 41.5 Å². The van der Waals surface area contributed by atoms with Gasteiger partial charge in [0.1, 0.15) is 17.6 Å². The lowest BCUT2D eigenvalue weighted by Crippen LogP contribution is -2.19. The molecule has 1 aliphatic rings. The molecule has 0 spiro atoms. The Labute approximate surface area is 145 Å². The molecule has 1 atom stereocenters. The van der Waals surface area contributed by atoms with Crippen LogP contribution in [0.25, 0.3) is 0 Å². The van der Waals surface area contributed by atoms with Gasteiger partial charge >= 0.3 is 17.9 Å². The van der Waals surface area contributed by atoms with Gasteiger partial charge in [0.25, 0.3) is 0 Å². The van der Waals surface area contributed by atoms with Gasteiger partial charge in [0.2, 0.25) is 0 Å². The number of carboxylic acid groups (broad SMARTS) is 1. The van der Waals surface area contributed by atoms with Crippen molar-refractivity contribution in [1.29, 1.82) is 0 Å². The number of methoxy groups -OCH3 is 1. The van der Waals surface area contributed by atoms with Crippen molar-refractivity contribution in [3.05, 3.63) is 22.3 Å². The highest BCUT2D eigenvalue weighted by Crippen LogP contribution is 2.43. The quantitative estimate of drug-likeness (QED) is 0.620. The van der Waals surface area contributed by atoms with Gasteiger partial charge in [-0.15, -0.1) is 0 Å². The van der Waals surface area contributed by atoms with Crippen molar-refractivity contribution in [1.82, 2.24) is 0 Å². The van der Waals surface area contributed by atoms with Gasteiger partial charge in [-0.25, -0.2) is 0 Å². The van der Waals surface area contributed by atoms with Crippen molar-refractivity contribution in [3.8, 4) is 11.5 Å². The fraction of sp³-hybridized carbons (Fsp3) is 0.500. The molecule has 136 valence electrons. The van der Waals surface area contributed by atoms with Gasteiger partial charge in [-0.3, -0.25) is 14.4 Å². The number of fused-ring (bicyclic) bond motifs is 1. The average molecular weight is 350 g/mol. The van der Waals surface area contributed by atoms with Gasteiger partial charge in [-0.1, -0.05) is 0 Å². The number of hydrogen-bond acceptors (Lipinski definition) is 6. The third kappa shape index (κ3) is 4.10. The van der Waals surface area contributed by atoms with E-state index >= 15 is 0 Å². The van der Waals surface area contributed by atoms with Gasteiger partial charge in [0.05, 0.1) is 26.4 Å². The zero-order valence-corrected chi connectivity index (χ0v) is 14.8. The molecule has 0 saturated carbocycles. The maximum Gasteiger partial charge on any atom is 0.311 e. The summed E-state index contributed by atoms with van der Waals surface area (Å²) in [6.45, 7) is 5.51. The normalized spacial score (nSPS) is 15.3. The highest BCUT2D eigenvalue weighted by molar-refractivity contribution is 5.79. The van der Waals surface area contributed by atoms with Crippen molar-refractivity contribution >= 4 is 17.9 Å². The minimum atomic E-state index is -1.05. The van der Waals surface area contributed by atoms with Gasteiger partial charge in [-0.05, 0) is 37.5 Å². The number of carboxylic acids is 1. The Morgan fingerprint density at radius 3 is 2.36 bits per heavy atom. The number of aliphatic carboxylic acids is 1. The largest absolute Gasteiger partial charge is 0.489 e. The molecule has 1 aliphatic heterocycles. The summed E-state index contributed by atoms with van der Waals surface area (Å²) in [6, 6.07) is 0. The first kappa shape index (κ1) is 18.8. The van der Waals surface area contributed by atoms with Crippen LogP contribution in [0.4, 0.5) is 0 Å². The maximum absolute atomic E-state index is 11.9. The maximum atomic E-state index is 11.9. The first-order valence-electron chi connectivity index (χ1n) is 8.03. The third-order valence-electron chi connectivity index (χ3n) is 4.41. The van der Waals surface area contributed by atoms with Crippen molar-refractivity contribution in [3.63, 3.8) is 0 Å². The molecule has 1 aromatic carbocycles. The van der Waals surface area contributed by atoms with Gasteiger partial charge < -0.3 is 19.3 Å². The summed E-state index contributed by atoms with van der Waals surface area (Å²) in [7, 11) is 1.33. The monoisotopic (exact) mass is 350 g/mol. The Kier molecular flexibility index (Phi) is 5.66. The minimum absolute atomic E-state index is 0.150. The standard InChI is InChI=1S/C18H22O7/c1-9-10(2)18-13(7-12(24-18)8-16(22)23-4)11(3)17(9)25-15(21)6-5-14(19)20/h12H,5-8H2,1-4H3,(H,19,20). The second-order valence-electron chi connectivity index (χ2n) is 6.10. The van der Waals surface area contributed by atoms with Crippen molar-refractivity contribution in [2.24, 2.45) is 0 Å². The van der Waals surface area contributed by atoms with Crippen LogP contribution in [0.3, 0.4) is 0 Å². The minimum Gasteiger partial charge on any atom is -0.489 e. The molecule has 0 fully saturated rings. The van der Waals surface area contributed by atoms with E-state index < -0.39 is 11.9 Å². The van der Waals surface area contributed by atoms with E-state index in [1.807, 2.05) is 20.8 Å².